The number of nitrogens with one attached hydrogen (secondary N) is 1. The normalized spacial score (nSPS) is 10.6. The standard InChI is InChI=1S/C21H19N3O3/c25-21(19-11-13-20(14-12-19)24(26)27)22-23(15-17-7-3-1-4-8-17)16-18-9-5-2-6-10-18/h1-14H,15-16H2,(H,22,25). The molecule has 3 aromatic rings. The molecule has 0 aliphatic heterocycles. The van der Waals surface area contributed by atoms with E-state index >= 15 is 0 Å². The minimum absolute atomic E-state index is 0.0445. The molecule has 0 aliphatic rings. The highest BCUT2D eigenvalue weighted by Gasteiger charge is 2.14. The van der Waals surface area contributed by atoms with E-state index < -0.39 is 4.92 Å². The van der Waals surface area contributed by atoms with Gasteiger partial charge < -0.3 is 0 Å². The van der Waals surface area contributed by atoms with E-state index in [1.165, 1.54) is 24.3 Å². The van der Waals surface area contributed by atoms with Crippen molar-refractivity contribution in [1.29, 1.82) is 0 Å². The molecule has 3 aromatic carbocycles. The highest BCUT2D eigenvalue weighted by atomic mass is 16.6. The number of rotatable bonds is 7. The summed E-state index contributed by atoms with van der Waals surface area (Å²) in [4.78, 5) is 22.9. The number of hydrogen-bond donors (Lipinski definition) is 1. The Bertz CT molecular complexity index is 855. The van der Waals surface area contributed by atoms with Crippen LogP contribution in [0, 0.1) is 10.1 Å². The van der Waals surface area contributed by atoms with E-state index in [1.54, 1.807) is 0 Å². The number of hydrogen-bond acceptors (Lipinski definition) is 4. The van der Waals surface area contributed by atoms with Gasteiger partial charge in [-0.2, -0.15) is 0 Å². The van der Waals surface area contributed by atoms with E-state index in [0.29, 0.717) is 18.7 Å². The lowest BCUT2D eigenvalue weighted by Crippen LogP contribution is -2.41. The molecule has 0 saturated heterocycles. The smallest absolute Gasteiger partial charge is 0.269 e. The van der Waals surface area contributed by atoms with Gasteiger partial charge in [0.15, 0.2) is 0 Å². The first-order valence-corrected chi connectivity index (χ1v) is 8.50. The second kappa shape index (κ2) is 8.73. The summed E-state index contributed by atoms with van der Waals surface area (Å²) < 4.78 is 0. The minimum atomic E-state index is -0.487. The van der Waals surface area contributed by atoms with E-state index in [9.17, 15) is 14.9 Å². The Kier molecular flexibility index (Phi) is 5.91. The lowest BCUT2D eigenvalue weighted by molar-refractivity contribution is -0.384. The van der Waals surface area contributed by atoms with Gasteiger partial charge in [0.1, 0.15) is 0 Å². The Labute approximate surface area is 157 Å². The third kappa shape index (κ3) is 5.23. The van der Waals surface area contributed by atoms with Crippen LogP contribution in [0.3, 0.4) is 0 Å². The molecule has 6 heteroatoms. The van der Waals surface area contributed by atoms with E-state index in [0.717, 1.165) is 11.1 Å². The Balaban J connectivity index is 1.75. The summed E-state index contributed by atoms with van der Waals surface area (Å²) in [7, 11) is 0. The number of non-ortho nitro benzene ring substituents is 1. The Hall–Kier alpha value is -3.51. The van der Waals surface area contributed by atoms with Crippen LogP contribution in [0.4, 0.5) is 5.69 Å². The maximum absolute atomic E-state index is 12.6. The van der Waals surface area contributed by atoms with Gasteiger partial charge in [-0.05, 0) is 23.3 Å². The predicted molar refractivity (Wildman–Crippen MR) is 103 cm³/mol. The van der Waals surface area contributed by atoms with Crippen molar-refractivity contribution in [3.8, 4) is 0 Å². The molecule has 0 fully saturated rings. The Morgan fingerprint density at radius 3 is 1.74 bits per heavy atom. The molecule has 3 rings (SSSR count). The summed E-state index contributed by atoms with van der Waals surface area (Å²) in [6.45, 7) is 1.07. The molecule has 0 radical (unpaired) electrons. The van der Waals surface area contributed by atoms with Crippen molar-refractivity contribution in [3.63, 3.8) is 0 Å². The maximum atomic E-state index is 12.6. The second-order valence-electron chi connectivity index (χ2n) is 6.07. The highest BCUT2D eigenvalue weighted by Crippen LogP contribution is 2.13. The summed E-state index contributed by atoms with van der Waals surface area (Å²) in [5.74, 6) is -0.309. The number of nitro groups is 1. The monoisotopic (exact) mass is 361 g/mol. The molecule has 0 aliphatic carbocycles. The van der Waals surface area contributed by atoms with Gasteiger partial charge in [-0.15, -0.1) is 0 Å². The lowest BCUT2D eigenvalue weighted by atomic mass is 10.2. The molecule has 0 unspecified atom stereocenters. The highest BCUT2D eigenvalue weighted by molar-refractivity contribution is 5.94. The molecule has 1 amide bonds. The molecule has 136 valence electrons. The zero-order valence-corrected chi connectivity index (χ0v) is 14.6. The molecular weight excluding hydrogens is 342 g/mol. The van der Waals surface area contributed by atoms with Gasteiger partial charge in [-0.3, -0.25) is 20.3 Å². The summed E-state index contributed by atoms with van der Waals surface area (Å²) in [6, 6.07) is 25.2. The number of benzene rings is 3. The lowest BCUT2D eigenvalue weighted by Gasteiger charge is -2.23. The topological polar surface area (TPSA) is 75.5 Å². The van der Waals surface area contributed by atoms with E-state index in [2.05, 4.69) is 5.43 Å². The average molecular weight is 361 g/mol. The molecular formula is C21H19N3O3. The third-order valence-corrected chi connectivity index (χ3v) is 4.03. The van der Waals surface area contributed by atoms with Crippen molar-refractivity contribution >= 4 is 11.6 Å². The van der Waals surface area contributed by atoms with Crippen molar-refractivity contribution in [2.75, 3.05) is 0 Å². The van der Waals surface area contributed by atoms with Gasteiger partial charge >= 0.3 is 0 Å². The van der Waals surface area contributed by atoms with Crippen molar-refractivity contribution in [2.45, 2.75) is 13.1 Å². The molecule has 0 atom stereocenters. The van der Waals surface area contributed by atoms with Crippen LogP contribution in [0.1, 0.15) is 21.5 Å². The van der Waals surface area contributed by atoms with Crippen molar-refractivity contribution in [1.82, 2.24) is 10.4 Å². The van der Waals surface area contributed by atoms with Crippen molar-refractivity contribution in [2.24, 2.45) is 0 Å². The summed E-state index contributed by atoms with van der Waals surface area (Å²) in [5, 5.41) is 12.6. The molecule has 6 nitrogen and oxygen atoms in total. The third-order valence-electron chi connectivity index (χ3n) is 4.03. The van der Waals surface area contributed by atoms with Crippen LogP contribution in [0.15, 0.2) is 84.9 Å². The number of carbonyl (C=O) groups excluding carboxylic acids is 1. The average Bonchev–Trinajstić information content (AvgIpc) is 2.69. The largest absolute Gasteiger partial charge is 0.284 e. The minimum Gasteiger partial charge on any atom is -0.284 e. The molecule has 0 aromatic heterocycles. The van der Waals surface area contributed by atoms with E-state index in [4.69, 9.17) is 0 Å². The molecule has 27 heavy (non-hydrogen) atoms. The Morgan fingerprint density at radius 2 is 1.30 bits per heavy atom. The van der Waals surface area contributed by atoms with Gasteiger partial charge in [0.05, 0.1) is 4.92 Å². The fourth-order valence-corrected chi connectivity index (χ4v) is 2.69. The quantitative estimate of drug-likeness (QED) is 0.511. The maximum Gasteiger partial charge on any atom is 0.269 e. The van der Waals surface area contributed by atoms with Crippen molar-refractivity contribution < 1.29 is 9.72 Å². The SMILES string of the molecule is O=C(NN(Cc1ccccc1)Cc1ccccc1)c1ccc([N+](=O)[O-])cc1. The van der Waals surface area contributed by atoms with Gasteiger partial charge in [0, 0.05) is 30.8 Å². The number of nitro benzene ring substituents is 1. The number of amides is 1. The van der Waals surface area contributed by atoms with Crippen LogP contribution in [0.25, 0.3) is 0 Å². The fourth-order valence-electron chi connectivity index (χ4n) is 2.69. The molecule has 0 bridgehead atoms. The van der Waals surface area contributed by atoms with Crippen molar-refractivity contribution in [3.05, 3.63) is 112 Å². The van der Waals surface area contributed by atoms with Gasteiger partial charge in [-0.1, -0.05) is 60.7 Å². The fraction of sp³-hybridized carbons (Fsp3) is 0.0952. The van der Waals surface area contributed by atoms with Crippen LogP contribution < -0.4 is 5.43 Å². The molecule has 0 spiro atoms. The number of carbonyl (C=O) groups is 1. The zero-order valence-electron chi connectivity index (χ0n) is 14.6. The van der Waals surface area contributed by atoms with Gasteiger partial charge in [0.25, 0.3) is 11.6 Å². The Morgan fingerprint density at radius 1 is 0.815 bits per heavy atom. The summed E-state index contributed by atoms with van der Waals surface area (Å²) >= 11 is 0. The second-order valence-corrected chi connectivity index (χ2v) is 6.07. The zero-order chi connectivity index (χ0) is 19.1. The molecule has 0 heterocycles. The predicted octanol–water partition coefficient (Wildman–Crippen LogP) is 3.94. The van der Waals surface area contributed by atoms with Crippen LogP contribution >= 0.6 is 0 Å². The molecule has 1 N–H and O–H groups in total. The first-order valence-electron chi connectivity index (χ1n) is 8.50. The first-order chi connectivity index (χ1) is 13.1. The summed E-state index contributed by atoms with van der Waals surface area (Å²) in [6.07, 6.45) is 0. The molecule has 0 saturated carbocycles. The van der Waals surface area contributed by atoms with Gasteiger partial charge in [-0.25, -0.2) is 5.01 Å². The van der Waals surface area contributed by atoms with E-state index in [-0.39, 0.29) is 11.6 Å². The van der Waals surface area contributed by atoms with Crippen LogP contribution in [0.5, 0.6) is 0 Å². The summed E-state index contributed by atoms with van der Waals surface area (Å²) in [5.41, 5.74) is 5.36. The van der Waals surface area contributed by atoms with Crippen LogP contribution in [-0.4, -0.2) is 15.8 Å². The number of hydrazine groups is 1. The first kappa shape index (κ1) is 18.3. The van der Waals surface area contributed by atoms with E-state index in [1.807, 2.05) is 65.7 Å². The van der Waals surface area contributed by atoms with Crippen LogP contribution in [-0.2, 0) is 13.1 Å². The van der Waals surface area contributed by atoms with Gasteiger partial charge in [0.2, 0.25) is 0 Å². The number of nitrogens with zero attached hydrogens (tertiary/aromatic N) is 2. The van der Waals surface area contributed by atoms with Crippen LogP contribution in [0.2, 0.25) is 0 Å².